The number of ether oxygens (including phenoxy) is 3. The number of hydrogen-bond acceptors (Lipinski definition) is 5. The number of rotatable bonds is 7. The molecule has 172 valence electrons. The summed E-state index contributed by atoms with van der Waals surface area (Å²) in [5.41, 5.74) is 1.62. The topological polar surface area (TPSA) is 48.0 Å². The van der Waals surface area contributed by atoms with Crippen molar-refractivity contribution in [3.05, 3.63) is 28.6 Å². The van der Waals surface area contributed by atoms with Crippen molar-refractivity contribution >= 4 is 5.97 Å². The molecule has 0 N–H and O–H groups in total. The van der Waals surface area contributed by atoms with Crippen LogP contribution in [0.15, 0.2) is 6.07 Å². The van der Waals surface area contributed by atoms with Crippen LogP contribution in [0.3, 0.4) is 0 Å². The normalized spacial score (nSPS) is 21.2. The Labute approximate surface area is 185 Å². The number of nitrogens with zero attached hydrogens (tertiary/aromatic N) is 1. The van der Waals surface area contributed by atoms with Crippen molar-refractivity contribution in [1.82, 2.24) is 4.90 Å². The molecule has 2 aliphatic carbocycles. The maximum absolute atomic E-state index is 15.5. The molecule has 1 saturated carbocycles. The smallest absolute Gasteiger partial charge is 0.338 e. The quantitative estimate of drug-likeness (QED) is 0.591. The van der Waals surface area contributed by atoms with E-state index in [0.717, 1.165) is 76.8 Å². The van der Waals surface area contributed by atoms with Gasteiger partial charge in [0, 0.05) is 19.6 Å². The van der Waals surface area contributed by atoms with Crippen LogP contribution in [0.1, 0.15) is 73.9 Å². The second-order valence-corrected chi connectivity index (χ2v) is 9.52. The van der Waals surface area contributed by atoms with Gasteiger partial charge in [-0.2, -0.15) is 0 Å². The van der Waals surface area contributed by atoms with Gasteiger partial charge in [-0.3, -0.25) is 4.90 Å². The van der Waals surface area contributed by atoms with E-state index in [2.05, 4.69) is 18.7 Å². The maximum atomic E-state index is 15.5. The molecule has 1 heterocycles. The van der Waals surface area contributed by atoms with E-state index in [1.54, 1.807) is 6.07 Å². The van der Waals surface area contributed by atoms with Crippen molar-refractivity contribution in [3.63, 3.8) is 0 Å². The average Bonchev–Trinajstić information content (AvgIpc) is 3.26. The lowest BCUT2D eigenvalue weighted by Gasteiger charge is -2.35. The average molecular weight is 434 g/mol. The molecular formula is C25H36FNO4. The van der Waals surface area contributed by atoms with E-state index in [9.17, 15) is 4.79 Å². The van der Waals surface area contributed by atoms with Gasteiger partial charge in [0.1, 0.15) is 12.2 Å². The van der Waals surface area contributed by atoms with E-state index in [1.807, 2.05) is 0 Å². The Hall–Kier alpha value is -1.66. The van der Waals surface area contributed by atoms with E-state index in [-0.39, 0.29) is 29.1 Å². The highest BCUT2D eigenvalue weighted by molar-refractivity contribution is 5.92. The fourth-order valence-electron chi connectivity index (χ4n) is 5.29. The molecule has 3 aliphatic rings. The number of esters is 1. The number of halogens is 1. The summed E-state index contributed by atoms with van der Waals surface area (Å²) in [7, 11) is 0. The van der Waals surface area contributed by atoms with Gasteiger partial charge in [0.15, 0.2) is 11.6 Å². The zero-order chi connectivity index (χ0) is 21.8. The molecule has 0 spiro atoms. The van der Waals surface area contributed by atoms with Crippen molar-refractivity contribution < 1.29 is 23.4 Å². The lowest BCUT2D eigenvalue weighted by atomic mass is 9.86. The SMILES string of the molecule is CC(C)C1(Oc2cc(C(=O)OCCN3CCOCC3)c3c(c2F)CCCC3)CCCC1. The minimum absolute atomic E-state index is 0.233. The van der Waals surface area contributed by atoms with Gasteiger partial charge in [0.2, 0.25) is 0 Å². The summed E-state index contributed by atoms with van der Waals surface area (Å²) in [6.45, 7) is 8.47. The first-order valence-corrected chi connectivity index (χ1v) is 12.0. The summed E-state index contributed by atoms with van der Waals surface area (Å²) in [6, 6.07) is 1.62. The first kappa shape index (κ1) is 22.5. The molecule has 1 aliphatic heterocycles. The van der Waals surface area contributed by atoms with Gasteiger partial charge in [-0.15, -0.1) is 0 Å². The molecule has 6 heteroatoms. The van der Waals surface area contributed by atoms with E-state index in [1.165, 1.54) is 0 Å². The Bertz CT molecular complexity index is 782. The number of benzene rings is 1. The highest BCUT2D eigenvalue weighted by Gasteiger charge is 2.40. The van der Waals surface area contributed by atoms with Crippen LogP contribution in [0.4, 0.5) is 4.39 Å². The van der Waals surface area contributed by atoms with Crippen molar-refractivity contribution in [2.24, 2.45) is 5.92 Å². The van der Waals surface area contributed by atoms with Crippen molar-refractivity contribution in [3.8, 4) is 5.75 Å². The standard InChI is InChI=1S/C25H36FNO4/c1-18(2)25(9-5-6-10-25)31-22-17-21(19-7-3-4-8-20(19)23(22)26)24(28)30-16-13-27-11-14-29-15-12-27/h17-18H,3-16H2,1-2H3. The van der Waals surface area contributed by atoms with Crippen LogP contribution in [0.25, 0.3) is 0 Å². The van der Waals surface area contributed by atoms with Gasteiger partial charge in [-0.25, -0.2) is 9.18 Å². The molecule has 1 aromatic rings. The summed E-state index contributed by atoms with van der Waals surface area (Å²) < 4.78 is 32.9. The molecule has 0 unspecified atom stereocenters. The Morgan fingerprint density at radius 3 is 2.48 bits per heavy atom. The number of carbonyl (C=O) groups excluding carboxylic acids is 1. The second kappa shape index (κ2) is 9.86. The van der Waals surface area contributed by atoms with Crippen LogP contribution in [0.2, 0.25) is 0 Å². The maximum Gasteiger partial charge on any atom is 0.338 e. The molecule has 4 rings (SSSR count). The summed E-state index contributed by atoms with van der Waals surface area (Å²) in [5.74, 6) is -0.112. The number of morpholine rings is 1. The number of carbonyl (C=O) groups is 1. The molecule has 1 saturated heterocycles. The van der Waals surface area contributed by atoms with Gasteiger partial charge in [-0.05, 0) is 74.5 Å². The molecule has 0 aromatic heterocycles. The van der Waals surface area contributed by atoms with Crippen LogP contribution in [0, 0.1) is 11.7 Å². The van der Waals surface area contributed by atoms with Crippen LogP contribution in [0.5, 0.6) is 5.75 Å². The highest BCUT2D eigenvalue weighted by atomic mass is 19.1. The molecule has 5 nitrogen and oxygen atoms in total. The summed E-state index contributed by atoms with van der Waals surface area (Å²) in [4.78, 5) is 15.3. The summed E-state index contributed by atoms with van der Waals surface area (Å²) in [5, 5.41) is 0. The number of hydrogen-bond donors (Lipinski definition) is 0. The molecular weight excluding hydrogens is 397 g/mol. The lowest BCUT2D eigenvalue weighted by Crippen LogP contribution is -2.39. The third-order valence-electron chi connectivity index (χ3n) is 7.33. The molecule has 0 radical (unpaired) electrons. The Morgan fingerprint density at radius 1 is 1.13 bits per heavy atom. The Morgan fingerprint density at radius 2 is 1.81 bits per heavy atom. The Kier molecular flexibility index (Phi) is 7.17. The monoisotopic (exact) mass is 433 g/mol. The van der Waals surface area contributed by atoms with E-state index in [0.29, 0.717) is 30.7 Å². The van der Waals surface area contributed by atoms with Gasteiger partial charge in [0.05, 0.1) is 18.8 Å². The van der Waals surface area contributed by atoms with Gasteiger partial charge < -0.3 is 14.2 Å². The van der Waals surface area contributed by atoms with E-state index in [4.69, 9.17) is 14.2 Å². The van der Waals surface area contributed by atoms with Crippen molar-refractivity contribution in [1.29, 1.82) is 0 Å². The van der Waals surface area contributed by atoms with Crippen LogP contribution >= 0.6 is 0 Å². The minimum Gasteiger partial charge on any atom is -0.484 e. The number of fused-ring (bicyclic) bond motifs is 1. The Balaban J connectivity index is 1.54. The van der Waals surface area contributed by atoms with E-state index < -0.39 is 0 Å². The van der Waals surface area contributed by atoms with Crippen molar-refractivity contribution in [2.45, 2.75) is 70.8 Å². The second-order valence-electron chi connectivity index (χ2n) is 9.52. The highest BCUT2D eigenvalue weighted by Crippen LogP contribution is 2.42. The zero-order valence-corrected chi connectivity index (χ0v) is 19.0. The zero-order valence-electron chi connectivity index (χ0n) is 19.0. The van der Waals surface area contributed by atoms with Crippen LogP contribution < -0.4 is 4.74 Å². The third kappa shape index (κ3) is 4.90. The minimum atomic E-state index is -0.360. The lowest BCUT2D eigenvalue weighted by molar-refractivity contribution is 0.0187. The van der Waals surface area contributed by atoms with Crippen LogP contribution in [-0.2, 0) is 22.3 Å². The van der Waals surface area contributed by atoms with Gasteiger partial charge in [0.25, 0.3) is 0 Å². The fraction of sp³-hybridized carbons (Fsp3) is 0.720. The predicted octanol–water partition coefficient (Wildman–Crippen LogP) is 4.54. The molecule has 0 atom stereocenters. The van der Waals surface area contributed by atoms with Crippen molar-refractivity contribution in [2.75, 3.05) is 39.5 Å². The van der Waals surface area contributed by atoms with Gasteiger partial charge >= 0.3 is 5.97 Å². The molecule has 1 aromatic carbocycles. The van der Waals surface area contributed by atoms with Crippen LogP contribution in [-0.4, -0.2) is 55.9 Å². The molecule has 2 fully saturated rings. The first-order valence-electron chi connectivity index (χ1n) is 12.0. The molecule has 0 amide bonds. The fourth-order valence-corrected chi connectivity index (χ4v) is 5.29. The first-order chi connectivity index (χ1) is 15.0. The largest absolute Gasteiger partial charge is 0.484 e. The van der Waals surface area contributed by atoms with Gasteiger partial charge in [-0.1, -0.05) is 13.8 Å². The summed E-state index contributed by atoms with van der Waals surface area (Å²) >= 11 is 0. The van der Waals surface area contributed by atoms with E-state index >= 15 is 4.39 Å². The molecule has 31 heavy (non-hydrogen) atoms. The molecule has 0 bridgehead atoms. The summed E-state index contributed by atoms with van der Waals surface area (Å²) in [6.07, 6.45) is 7.34. The predicted molar refractivity (Wildman–Crippen MR) is 117 cm³/mol. The third-order valence-corrected chi connectivity index (χ3v) is 7.33.